The number of fused-ring (bicyclic) bond motifs is 2. The second-order valence-corrected chi connectivity index (χ2v) is 9.01. The smallest absolute Gasteiger partial charge is 0.259 e. The standard InChI is InChI=1S/C29H23N9O/c1-18(34-29(39)23-27(30)32-17-38-14-13-31-28(23)38)24-26(20-7-4-3-5-8-20)36-25-21(9-6-10-22(25)35-24)12-11-19-15-33-37(2)16-19/h3-10,13-18H,30H2,1-2H3,(H,34,39)/t18-/m1/s1. The Morgan fingerprint density at radius 1 is 1.05 bits per heavy atom. The van der Waals surface area contributed by atoms with Crippen LogP contribution in [0.4, 0.5) is 5.82 Å². The van der Waals surface area contributed by atoms with Crippen molar-refractivity contribution in [2.75, 3.05) is 5.73 Å². The highest BCUT2D eigenvalue weighted by atomic mass is 16.1. The van der Waals surface area contributed by atoms with E-state index in [1.165, 1.54) is 6.33 Å². The molecule has 0 aliphatic rings. The zero-order valence-corrected chi connectivity index (χ0v) is 21.2. The Labute approximate surface area is 223 Å². The van der Waals surface area contributed by atoms with E-state index in [9.17, 15) is 4.79 Å². The van der Waals surface area contributed by atoms with Gasteiger partial charge in [-0.3, -0.25) is 13.9 Å². The molecule has 4 aromatic heterocycles. The summed E-state index contributed by atoms with van der Waals surface area (Å²) in [6, 6.07) is 14.9. The van der Waals surface area contributed by atoms with Gasteiger partial charge in [0.15, 0.2) is 5.65 Å². The van der Waals surface area contributed by atoms with Gasteiger partial charge in [0.1, 0.15) is 23.2 Å². The maximum Gasteiger partial charge on any atom is 0.259 e. The molecular weight excluding hydrogens is 490 g/mol. The predicted octanol–water partition coefficient (Wildman–Crippen LogP) is 3.55. The molecule has 10 nitrogen and oxygen atoms in total. The van der Waals surface area contributed by atoms with Gasteiger partial charge >= 0.3 is 0 Å². The Bertz CT molecular complexity index is 1910. The number of rotatable bonds is 4. The van der Waals surface area contributed by atoms with Gasteiger partial charge in [0.2, 0.25) is 0 Å². The lowest BCUT2D eigenvalue weighted by Crippen LogP contribution is -2.29. The molecule has 0 saturated carbocycles. The number of carbonyl (C=O) groups excluding carboxylic acids is 1. The maximum atomic E-state index is 13.4. The number of nitrogen functional groups attached to an aromatic ring is 1. The second kappa shape index (κ2) is 9.72. The minimum atomic E-state index is -0.510. The number of aryl methyl sites for hydroxylation is 1. The minimum Gasteiger partial charge on any atom is -0.383 e. The van der Waals surface area contributed by atoms with Gasteiger partial charge in [0, 0.05) is 31.2 Å². The molecule has 3 N–H and O–H groups in total. The molecular formula is C29H23N9O. The molecule has 0 bridgehead atoms. The summed E-state index contributed by atoms with van der Waals surface area (Å²) in [5, 5.41) is 7.20. The van der Waals surface area contributed by atoms with E-state index in [2.05, 4.69) is 32.2 Å². The summed E-state index contributed by atoms with van der Waals surface area (Å²) in [5.41, 5.74) is 11.7. The van der Waals surface area contributed by atoms with E-state index in [0.29, 0.717) is 28.1 Å². The molecule has 6 rings (SSSR count). The molecule has 190 valence electrons. The van der Waals surface area contributed by atoms with Gasteiger partial charge < -0.3 is 11.1 Å². The molecule has 0 saturated heterocycles. The fourth-order valence-electron chi connectivity index (χ4n) is 4.39. The van der Waals surface area contributed by atoms with Crippen molar-refractivity contribution in [2.24, 2.45) is 7.05 Å². The number of benzene rings is 2. The molecule has 6 aromatic rings. The summed E-state index contributed by atoms with van der Waals surface area (Å²) in [5.74, 6) is 6.06. The predicted molar refractivity (Wildman–Crippen MR) is 147 cm³/mol. The first kappa shape index (κ1) is 23.8. The van der Waals surface area contributed by atoms with E-state index in [1.807, 2.05) is 68.7 Å². The zero-order chi connectivity index (χ0) is 26.9. The van der Waals surface area contributed by atoms with Crippen LogP contribution in [0.3, 0.4) is 0 Å². The number of para-hydroxylation sites is 1. The topological polar surface area (TPSA) is 129 Å². The van der Waals surface area contributed by atoms with Crippen LogP contribution in [0.15, 0.2) is 79.6 Å². The number of hydrogen-bond acceptors (Lipinski definition) is 7. The summed E-state index contributed by atoms with van der Waals surface area (Å²) in [6.07, 6.45) is 8.39. The summed E-state index contributed by atoms with van der Waals surface area (Å²) in [7, 11) is 1.85. The molecule has 4 heterocycles. The summed E-state index contributed by atoms with van der Waals surface area (Å²) < 4.78 is 3.36. The first-order valence-electron chi connectivity index (χ1n) is 12.2. The number of nitrogens with zero attached hydrogens (tertiary/aromatic N) is 7. The number of aromatic nitrogens is 7. The van der Waals surface area contributed by atoms with E-state index in [0.717, 1.165) is 16.7 Å². The van der Waals surface area contributed by atoms with Gasteiger partial charge in [-0.1, -0.05) is 48.2 Å². The zero-order valence-electron chi connectivity index (χ0n) is 21.2. The molecule has 0 aliphatic carbocycles. The second-order valence-electron chi connectivity index (χ2n) is 9.01. The van der Waals surface area contributed by atoms with Crippen molar-refractivity contribution >= 4 is 28.4 Å². The largest absolute Gasteiger partial charge is 0.383 e. The molecule has 10 heteroatoms. The fourth-order valence-corrected chi connectivity index (χ4v) is 4.39. The normalized spacial score (nSPS) is 11.7. The Morgan fingerprint density at radius 3 is 2.69 bits per heavy atom. The van der Waals surface area contributed by atoms with Gasteiger partial charge in [-0.2, -0.15) is 5.10 Å². The van der Waals surface area contributed by atoms with Gasteiger partial charge in [0.25, 0.3) is 5.91 Å². The first-order valence-corrected chi connectivity index (χ1v) is 12.2. The minimum absolute atomic E-state index is 0.100. The highest BCUT2D eigenvalue weighted by Gasteiger charge is 2.23. The third-order valence-electron chi connectivity index (χ3n) is 6.27. The Hall–Kier alpha value is -5.56. The summed E-state index contributed by atoms with van der Waals surface area (Å²) >= 11 is 0. The number of amides is 1. The Balaban J connectivity index is 1.44. The average Bonchev–Trinajstić information content (AvgIpc) is 3.60. The van der Waals surface area contributed by atoms with Crippen molar-refractivity contribution in [1.29, 1.82) is 0 Å². The molecule has 0 fully saturated rings. The van der Waals surface area contributed by atoms with Gasteiger partial charge in [-0.05, 0) is 19.1 Å². The van der Waals surface area contributed by atoms with Crippen LogP contribution >= 0.6 is 0 Å². The van der Waals surface area contributed by atoms with E-state index < -0.39 is 11.9 Å². The molecule has 39 heavy (non-hydrogen) atoms. The number of nitrogens with one attached hydrogen (secondary N) is 1. The third-order valence-corrected chi connectivity index (χ3v) is 6.27. The van der Waals surface area contributed by atoms with Gasteiger partial charge in [-0.25, -0.2) is 19.9 Å². The maximum absolute atomic E-state index is 13.4. The molecule has 0 aliphatic heterocycles. The van der Waals surface area contributed by atoms with E-state index in [1.54, 1.807) is 27.7 Å². The van der Waals surface area contributed by atoms with Crippen LogP contribution in [0.25, 0.3) is 27.9 Å². The molecule has 1 amide bonds. The third kappa shape index (κ3) is 4.53. The highest BCUT2D eigenvalue weighted by molar-refractivity contribution is 6.04. The van der Waals surface area contributed by atoms with Crippen LogP contribution in [-0.4, -0.2) is 40.0 Å². The van der Waals surface area contributed by atoms with Crippen LogP contribution in [0.5, 0.6) is 0 Å². The van der Waals surface area contributed by atoms with Crippen molar-refractivity contribution in [3.63, 3.8) is 0 Å². The van der Waals surface area contributed by atoms with Crippen molar-refractivity contribution < 1.29 is 4.79 Å². The van der Waals surface area contributed by atoms with Crippen molar-refractivity contribution in [2.45, 2.75) is 13.0 Å². The molecule has 0 unspecified atom stereocenters. The van der Waals surface area contributed by atoms with E-state index >= 15 is 0 Å². The fraction of sp³-hybridized carbons (Fsp3) is 0.103. The Kier molecular flexibility index (Phi) is 5.93. The van der Waals surface area contributed by atoms with Crippen LogP contribution in [0.2, 0.25) is 0 Å². The first-order chi connectivity index (χ1) is 19.0. The van der Waals surface area contributed by atoms with Crippen molar-refractivity contribution in [3.8, 4) is 23.1 Å². The van der Waals surface area contributed by atoms with Crippen molar-refractivity contribution in [3.05, 3.63) is 102 Å². The summed E-state index contributed by atoms with van der Waals surface area (Å²) in [6.45, 7) is 1.86. The summed E-state index contributed by atoms with van der Waals surface area (Å²) in [4.78, 5) is 31.8. The number of nitrogens with two attached hydrogens (primary N) is 1. The SMILES string of the molecule is C[C@@H](NC(=O)c1c(N)ncn2ccnc12)c1nc2cccc(C#Cc3cnn(C)c3)c2nc1-c1ccccc1. The number of hydrogen-bond donors (Lipinski definition) is 2. The van der Waals surface area contributed by atoms with Crippen LogP contribution < -0.4 is 11.1 Å². The molecule has 1 atom stereocenters. The van der Waals surface area contributed by atoms with Crippen LogP contribution in [0.1, 0.15) is 40.1 Å². The number of anilines is 1. The van der Waals surface area contributed by atoms with Gasteiger partial charge in [0.05, 0.1) is 40.3 Å². The number of carbonyl (C=O) groups is 1. The lowest BCUT2D eigenvalue weighted by molar-refractivity contribution is 0.0941. The van der Waals surface area contributed by atoms with Crippen LogP contribution in [0, 0.1) is 11.8 Å². The van der Waals surface area contributed by atoms with Crippen molar-refractivity contribution in [1.82, 2.24) is 39.4 Å². The highest BCUT2D eigenvalue weighted by Crippen LogP contribution is 2.29. The molecule has 0 spiro atoms. The van der Waals surface area contributed by atoms with E-state index in [-0.39, 0.29) is 11.4 Å². The average molecular weight is 514 g/mol. The lowest BCUT2D eigenvalue weighted by atomic mass is 10.0. The van der Waals surface area contributed by atoms with E-state index in [4.69, 9.17) is 15.7 Å². The quantitative estimate of drug-likeness (QED) is 0.345. The van der Waals surface area contributed by atoms with Crippen LogP contribution in [-0.2, 0) is 7.05 Å². The molecule has 2 aromatic carbocycles. The lowest BCUT2D eigenvalue weighted by Gasteiger charge is -2.18. The number of imidazole rings is 1. The Morgan fingerprint density at radius 2 is 1.90 bits per heavy atom. The molecule has 0 radical (unpaired) electrons. The van der Waals surface area contributed by atoms with Gasteiger partial charge in [-0.15, -0.1) is 0 Å². The monoisotopic (exact) mass is 513 g/mol.